The summed E-state index contributed by atoms with van der Waals surface area (Å²) >= 11 is 0. The molecular formula is C29H34FN5O2. The van der Waals surface area contributed by atoms with Crippen LogP contribution in [0.4, 0.5) is 4.39 Å². The third-order valence-corrected chi connectivity index (χ3v) is 6.65. The summed E-state index contributed by atoms with van der Waals surface area (Å²) in [5, 5.41) is 4.16. The molecular weight excluding hydrogens is 469 g/mol. The van der Waals surface area contributed by atoms with E-state index in [2.05, 4.69) is 5.10 Å². The van der Waals surface area contributed by atoms with Crippen molar-refractivity contribution in [3.8, 4) is 0 Å². The van der Waals surface area contributed by atoms with E-state index in [0.717, 1.165) is 15.6 Å². The summed E-state index contributed by atoms with van der Waals surface area (Å²) in [5.74, 6) is -0.773. The molecule has 1 amide bonds. The molecule has 2 heterocycles. The quantitative estimate of drug-likeness (QED) is 0.365. The van der Waals surface area contributed by atoms with Crippen molar-refractivity contribution in [3.05, 3.63) is 105 Å². The van der Waals surface area contributed by atoms with E-state index in [-0.39, 0.29) is 29.6 Å². The predicted octanol–water partition coefficient (Wildman–Crippen LogP) is 4.49. The maximum absolute atomic E-state index is 15.1. The number of halogens is 1. The number of nitrogens with two attached hydrogens (primary N) is 1. The first kappa shape index (κ1) is 26.3. The van der Waals surface area contributed by atoms with Crippen LogP contribution in [0, 0.1) is 25.6 Å². The van der Waals surface area contributed by atoms with Crippen LogP contribution in [-0.4, -0.2) is 38.1 Å². The molecule has 0 bridgehead atoms. The number of benzene rings is 2. The van der Waals surface area contributed by atoms with Gasteiger partial charge in [0.1, 0.15) is 5.52 Å². The van der Waals surface area contributed by atoms with Gasteiger partial charge < -0.3 is 10.6 Å². The van der Waals surface area contributed by atoms with Crippen molar-refractivity contribution in [2.24, 2.45) is 11.7 Å². The highest BCUT2D eigenvalue weighted by atomic mass is 19.1. The minimum absolute atomic E-state index is 0.0804. The van der Waals surface area contributed by atoms with Crippen molar-refractivity contribution < 1.29 is 9.18 Å². The van der Waals surface area contributed by atoms with E-state index in [0.29, 0.717) is 30.8 Å². The van der Waals surface area contributed by atoms with Crippen LogP contribution in [-0.2, 0) is 6.54 Å². The minimum Gasteiger partial charge on any atom is -0.330 e. The van der Waals surface area contributed by atoms with E-state index in [1.165, 1.54) is 6.92 Å². The molecule has 8 heteroatoms. The monoisotopic (exact) mass is 503 g/mol. The Labute approximate surface area is 216 Å². The van der Waals surface area contributed by atoms with Gasteiger partial charge in [-0.3, -0.25) is 9.36 Å². The highest BCUT2D eigenvalue weighted by Gasteiger charge is 2.32. The van der Waals surface area contributed by atoms with Gasteiger partial charge >= 0.3 is 5.69 Å². The average molecular weight is 504 g/mol. The summed E-state index contributed by atoms with van der Waals surface area (Å²) in [6.45, 7) is 8.59. The van der Waals surface area contributed by atoms with Crippen LogP contribution < -0.4 is 11.4 Å². The van der Waals surface area contributed by atoms with E-state index in [9.17, 15) is 9.59 Å². The van der Waals surface area contributed by atoms with Crippen molar-refractivity contribution >= 4 is 11.4 Å². The SMILES string of the molecule is Cc1ccc(C(=O)N(CCCN)C(c2cc3c(F)c(C)nn3c(=O)n2Cc2ccccc2)C(C)C)cc1. The summed E-state index contributed by atoms with van der Waals surface area (Å²) in [7, 11) is 0. The molecule has 0 aliphatic carbocycles. The third kappa shape index (κ3) is 5.34. The van der Waals surface area contributed by atoms with E-state index in [1.807, 2.05) is 75.4 Å². The minimum atomic E-state index is -0.536. The number of rotatable bonds is 9. The number of hydrogen-bond donors (Lipinski definition) is 1. The van der Waals surface area contributed by atoms with E-state index in [4.69, 9.17) is 5.73 Å². The van der Waals surface area contributed by atoms with E-state index < -0.39 is 17.5 Å². The normalized spacial score (nSPS) is 12.3. The molecule has 0 spiro atoms. The largest absolute Gasteiger partial charge is 0.349 e. The van der Waals surface area contributed by atoms with Gasteiger partial charge in [0.05, 0.1) is 18.3 Å². The number of amides is 1. The maximum Gasteiger partial charge on any atom is 0.349 e. The lowest BCUT2D eigenvalue weighted by atomic mass is 9.96. The van der Waals surface area contributed by atoms with Gasteiger partial charge in [0, 0.05) is 17.8 Å². The first-order valence-corrected chi connectivity index (χ1v) is 12.6. The molecule has 2 N–H and O–H groups in total. The molecule has 1 atom stereocenters. The lowest BCUT2D eigenvalue weighted by molar-refractivity contribution is 0.0609. The maximum atomic E-state index is 15.1. The molecule has 0 radical (unpaired) electrons. The number of fused-ring (bicyclic) bond motifs is 1. The molecule has 4 aromatic rings. The summed E-state index contributed by atoms with van der Waals surface area (Å²) in [5.41, 5.74) is 8.74. The Morgan fingerprint density at radius 2 is 1.76 bits per heavy atom. The van der Waals surface area contributed by atoms with E-state index >= 15 is 4.39 Å². The van der Waals surface area contributed by atoms with Crippen LogP contribution in [0.15, 0.2) is 65.5 Å². The third-order valence-electron chi connectivity index (χ3n) is 6.65. The van der Waals surface area contributed by atoms with Crippen LogP contribution in [0.2, 0.25) is 0 Å². The number of carbonyl (C=O) groups excluding carboxylic acids is 1. The van der Waals surface area contributed by atoms with Crippen molar-refractivity contribution in [3.63, 3.8) is 0 Å². The Hall–Kier alpha value is -3.78. The number of hydrogen-bond acceptors (Lipinski definition) is 4. The van der Waals surface area contributed by atoms with Crippen LogP contribution in [0.5, 0.6) is 0 Å². The molecule has 2 aromatic heterocycles. The van der Waals surface area contributed by atoms with E-state index in [1.54, 1.807) is 15.5 Å². The Kier molecular flexibility index (Phi) is 7.88. The summed E-state index contributed by atoms with van der Waals surface area (Å²) in [6, 6.07) is 18.2. The van der Waals surface area contributed by atoms with Gasteiger partial charge in [-0.25, -0.2) is 9.18 Å². The highest BCUT2D eigenvalue weighted by molar-refractivity contribution is 5.94. The lowest BCUT2D eigenvalue weighted by Crippen LogP contribution is -2.42. The molecule has 194 valence electrons. The summed E-state index contributed by atoms with van der Waals surface area (Å²) < 4.78 is 17.8. The average Bonchev–Trinajstić information content (AvgIpc) is 3.17. The fourth-order valence-corrected chi connectivity index (χ4v) is 4.76. The molecule has 0 aliphatic rings. The second-order valence-electron chi connectivity index (χ2n) is 9.82. The molecule has 7 nitrogen and oxygen atoms in total. The first-order chi connectivity index (χ1) is 17.7. The first-order valence-electron chi connectivity index (χ1n) is 12.6. The van der Waals surface area contributed by atoms with Gasteiger partial charge in [-0.2, -0.15) is 9.61 Å². The number of aryl methyl sites for hydroxylation is 2. The number of carbonyl (C=O) groups is 1. The summed E-state index contributed by atoms with van der Waals surface area (Å²) in [6.07, 6.45) is 0.589. The van der Waals surface area contributed by atoms with Crippen molar-refractivity contribution in [2.75, 3.05) is 13.1 Å². The Morgan fingerprint density at radius 3 is 2.38 bits per heavy atom. The van der Waals surface area contributed by atoms with Crippen LogP contribution in [0.1, 0.15) is 59.2 Å². The number of nitrogens with zero attached hydrogens (tertiary/aromatic N) is 4. The van der Waals surface area contributed by atoms with Crippen LogP contribution >= 0.6 is 0 Å². The second-order valence-corrected chi connectivity index (χ2v) is 9.82. The van der Waals surface area contributed by atoms with Gasteiger partial charge in [0.25, 0.3) is 5.91 Å². The topological polar surface area (TPSA) is 85.6 Å². The molecule has 0 fully saturated rings. The van der Waals surface area contributed by atoms with Gasteiger partial charge in [-0.1, -0.05) is 61.9 Å². The Balaban J connectivity index is 1.94. The van der Waals surface area contributed by atoms with Crippen LogP contribution in [0.25, 0.3) is 5.52 Å². The molecule has 0 aliphatic heterocycles. The zero-order valence-corrected chi connectivity index (χ0v) is 21.8. The Morgan fingerprint density at radius 1 is 1.08 bits per heavy atom. The fraction of sp³-hybridized carbons (Fsp3) is 0.345. The zero-order valence-electron chi connectivity index (χ0n) is 21.8. The van der Waals surface area contributed by atoms with Crippen molar-refractivity contribution in [2.45, 2.75) is 46.7 Å². The standard InChI is InChI=1S/C29H34FN5O2/c1-19(2)27(33(16-8-15-31)28(36)23-13-11-20(3)12-14-23)25-17-24-26(30)21(4)32-35(24)29(37)34(25)18-22-9-6-5-7-10-22/h5-7,9-14,17,19,27H,8,15-16,18,31H2,1-4H3. The van der Waals surface area contributed by atoms with Crippen LogP contribution in [0.3, 0.4) is 0 Å². The molecule has 0 saturated heterocycles. The fourth-order valence-electron chi connectivity index (χ4n) is 4.76. The Bertz CT molecular complexity index is 1440. The number of aromatic nitrogens is 3. The highest BCUT2D eigenvalue weighted by Crippen LogP contribution is 2.31. The second kappa shape index (κ2) is 11.1. The molecule has 37 heavy (non-hydrogen) atoms. The lowest BCUT2D eigenvalue weighted by Gasteiger charge is -2.36. The molecule has 2 aromatic carbocycles. The molecule has 1 unspecified atom stereocenters. The van der Waals surface area contributed by atoms with Crippen molar-refractivity contribution in [1.82, 2.24) is 19.1 Å². The smallest absolute Gasteiger partial charge is 0.330 e. The van der Waals surface area contributed by atoms with Crippen molar-refractivity contribution in [1.29, 1.82) is 0 Å². The predicted molar refractivity (Wildman–Crippen MR) is 143 cm³/mol. The summed E-state index contributed by atoms with van der Waals surface area (Å²) in [4.78, 5) is 29.4. The van der Waals surface area contributed by atoms with Gasteiger partial charge in [0.15, 0.2) is 5.82 Å². The molecule has 0 saturated carbocycles. The van der Waals surface area contributed by atoms with Gasteiger partial charge in [-0.05, 0) is 56.5 Å². The zero-order chi connectivity index (χ0) is 26.7. The van der Waals surface area contributed by atoms with Gasteiger partial charge in [-0.15, -0.1) is 0 Å². The molecule has 4 rings (SSSR count). The van der Waals surface area contributed by atoms with Gasteiger partial charge in [0.2, 0.25) is 0 Å².